The Morgan fingerprint density at radius 3 is 2.45 bits per heavy atom. The topological polar surface area (TPSA) is 49.8 Å². The first-order valence-corrected chi connectivity index (χ1v) is 3.57. The van der Waals surface area contributed by atoms with Crippen LogP contribution in [0.5, 0.6) is 0 Å². The average molecular weight is 161 g/mol. The smallest absolute Gasteiger partial charge is 0.334 e. The SMILES string of the molecule is CCOC(CN(C)C)C(=O)O. The van der Waals surface area contributed by atoms with Crippen molar-refractivity contribution in [3.05, 3.63) is 0 Å². The second kappa shape index (κ2) is 5.09. The number of carbonyl (C=O) groups is 1. The summed E-state index contributed by atoms with van der Waals surface area (Å²) < 4.78 is 4.97. The molecule has 0 saturated carbocycles. The van der Waals surface area contributed by atoms with Crippen molar-refractivity contribution in [1.29, 1.82) is 0 Å². The van der Waals surface area contributed by atoms with Crippen molar-refractivity contribution in [3.8, 4) is 0 Å². The summed E-state index contributed by atoms with van der Waals surface area (Å²) in [4.78, 5) is 12.3. The zero-order valence-corrected chi connectivity index (χ0v) is 7.20. The van der Waals surface area contributed by atoms with Gasteiger partial charge in [-0.05, 0) is 21.0 Å². The Labute approximate surface area is 66.8 Å². The minimum atomic E-state index is -0.902. The number of carboxylic acids is 1. The van der Waals surface area contributed by atoms with E-state index < -0.39 is 12.1 Å². The molecule has 1 N–H and O–H groups in total. The number of nitrogens with zero attached hydrogens (tertiary/aromatic N) is 1. The van der Waals surface area contributed by atoms with Gasteiger partial charge in [-0.2, -0.15) is 0 Å². The molecule has 66 valence electrons. The fraction of sp³-hybridized carbons (Fsp3) is 0.857. The van der Waals surface area contributed by atoms with Gasteiger partial charge in [0, 0.05) is 13.2 Å². The Bertz CT molecular complexity index is 125. The van der Waals surface area contributed by atoms with Gasteiger partial charge in [-0.3, -0.25) is 0 Å². The molecule has 0 amide bonds. The van der Waals surface area contributed by atoms with Crippen LogP contribution in [0.4, 0.5) is 0 Å². The lowest BCUT2D eigenvalue weighted by atomic mass is 10.3. The van der Waals surface area contributed by atoms with Gasteiger partial charge < -0.3 is 14.7 Å². The molecular weight excluding hydrogens is 146 g/mol. The van der Waals surface area contributed by atoms with Gasteiger partial charge in [0.2, 0.25) is 0 Å². The van der Waals surface area contributed by atoms with Crippen LogP contribution in [0.15, 0.2) is 0 Å². The zero-order chi connectivity index (χ0) is 8.85. The lowest BCUT2D eigenvalue weighted by molar-refractivity contribution is -0.150. The number of likely N-dealkylation sites (N-methyl/N-ethyl adjacent to an activating group) is 1. The van der Waals surface area contributed by atoms with E-state index in [-0.39, 0.29) is 0 Å². The molecule has 0 bridgehead atoms. The maximum absolute atomic E-state index is 10.5. The molecule has 1 unspecified atom stereocenters. The Hall–Kier alpha value is -0.610. The summed E-state index contributed by atoms with van der Waals surface area (Å²) in [6, 6.07) is 0. The van der Waals surface area contributed by atoms with Crippen LogP contribution in [0, 0.1) is 0 Å². The number of rotatable bonds is 5. The lowest BCUT2D eigenvalue weighted by Gasteiger charge is -2.16. The molecule has 4 nitrogen and oxygen atoms in total. The molecular formula is C7H15NO3. The average Bonchev–Trinajstić information content (AvgIpc) is 1.86. The Morgan fingerprint density at radius 1 is 1.64 bits per heavy atom. The largest absolute Gasteiger partial charge is 0.479 e. The molecule has 0 aliphatic rings. The molecule has 0 aromatic carbocycles. The monoisotopic (exact) mass is 161 g/mol. The van der Waals surface area contributed by atoms with Gasteiger partial charge in [0.25, 0.3) is 0 Å². The van der Waals surface area contributed by atoms with Crippen molar-refractivity contribution in [2.75, 3.05) is 27.2 Å². The molecule has 0 aliphatic heterocycles. The first kappa shape index (κ1) is 10.4. The second-order valence-electron chi connectivity index (χ2n) is 2.54. The van der Waals surface area contributed by atoms with Crippen LogP contribution in [0.3, 0.4) is 0 Å². The number of hydrogen-bond donors (Lipinski definition) is 1. The molecule has 0 rings (SSSR count). The predicted molar refractivity (Wildman–Crippen MR) is 41.6 cm³/mol. The molecule has 11 heavy (non-hydrogen) atoms. The van der Waals surface area contributed by atoms with Gasteiger partial charge in [-0.1, -0.05) is 0 Å². The van der Waals surface area contributed by atoms with Gasteiger partial charge in [0.05, 0.1) is 0 Å². The third-order valence-corrected chi connectivity index (χ3v) is 1.17. The van der Waals surface area contributed by atoms with E-state index in [0.717, 1.165) is 0 Å². The maximum atomic E-state index is 10.5. The van der Waals surface area contributed by atoms with E-state index >= 15 is 0 Å². The van der Waals surface area contributed by atoms with Gasteiger partial charge in [0.1, 0.15) is 0 Å². The summed E-state index contributed by atoms with van der Waals surface area (Å²) in [7, 11) is 3.63. The van der Waals surface area contributed by atoms with Crippen molar-refractivity contribution in [1.82, 2.24) is 4.90 Å². The standard InChI is InChI=1S/C7H15NO3/c1-4-11-6(7(9)10)5-8(2)3/h6H,4-5H2,1-3H3,(H,9,10). The first-order valence-electron chi connectivity index (χ1n) is 3.57. The summed E-state index contributed by atoms with van der Waals surface area (Å²) >= 11 is 0. The van der Waals surface area contributed by atoms with E-state index in [0.29, 0.717) is 13.2 Å². The maximum Gasteiger partial charge on any atom is 0.334 e. The van der Waals surface area contributed by atoms with Crippen molar-refractivity contribution < 1.29 is 14.6 Å². The highest BCUT2D eigenvalue weighted by Crippen LogP contribution is 1.93. The quantitative estimate of drug-likeness (QED) is 0.618. The molecule has 0 radical (unpaired) electrons. The Kier molecular flexibility index (Phi) is 4.81. The van der Waals surface area contributed by atoms with Crippen LogP contribution in [0.1, 0.15) is 6.92 Å². The Morgan fingerprint density at radius 2 is 2.18 bits per heavy atom. The summed E-state index contributed by atoms with van der Waals surface area (Å²) in [5.41, 5.74) is 0. The van der Waals surface area contributed by atoms with E-state index in [2.05, 4.69) is 0 Å². The fourth-order valence-corrected chi connectivity index (χ4v) is 0.735. The number of hydrogen-bond acceptors (Lipinski definition) is 3. The highest BCUT2D eigenvalue weighted by Gasteiger charge is 2.17. The van der Waals surface area contributed by atoms with Crippen LogP contribution in [0.2, 0.25) is 0 Å². The molecule has 4 heteroatoms. The third-order valence-electron chi connectivity index (χ3n) is 1.17. The molecule has 1 atom stereocenters. The van der Waals surface area contributed by atoms with Gasteiger partial charge in [-0.15, -0.1) is 0 Å². The number of aliphatic carboxylic acids is 1. The van der Waals surface area contributed by atoms with Gasteiger partial charge in [0.15, 0.2) is 6.10 Å². The minimum Gasteiger partial charge on any atom is -0.479 e. The van der Waals surface area contributed by atoms with E-state index in [1.54, 1.807) is 11.8 Å². The van der Waals surface area contributed by atoms with Gasteiger partial charge in [-0.25, -0.2) is 4.79 Å². The first-order chi connectivity index (χ1) is 5.07. The lowest BCUT2D eigenvalue weighted by Crippen LogP contribution is -2.34. The second-order valence-corrected chi connectivity index (χ2v) is 2.54. The number of ether oxygens (including phenoxy) is 1. The van der Waals surface area contributed by atoms with Crippen LogP contribution in [-0.2, 0) is 9.53 Å². The fourth-order valence-electron chi connectivity index (χ4n) is 0.735. The van der Waals surface area contributed by atoms with Crippen LogP contribution in [-0.4, -0.2) is 49.3 Å². The molecule has 0 fully saturated rings. The Balaban J connectivity index is 3.79. The summed E-state index contributed by atoms with van der Waals surface area (Å²) in [5.74, 6) is -0.902. The van der Waals surface area contributed by atoms with E-state index in [1.807, 2.05) is 14.1 Å². The van der Waals surface area contributed by atoms with Crippen molar-refractivity contribution >= 4 is 5.97 Å². The van der Waals surface area contributed by atoms with Crippen LogP contribution < -0.4 is 0 Å². The molecule has 0 aromatic rings. The zero-order valence-electron chi connectivity index (χ0n) is 7.20. The van der Waals surface area contributed by atoms with E-state index in [9.17, 15) is 4.79 Å². The third kappa shape index (κ3) is 4.75. The van der Waals surface area contributed by atoms with Crippen LogP contribution in [0.25, 0.3) is 0 Å². The van der Waals surface area contributed by atoms with Gasteiger partial charge >= 0.3 is 5.97 Å². The van der Waals surface area contributed by atoms with Crippen molar-refractivity contribution in [3.63, 3.8) is 0 Å². The normalized spacial score (nSPS) is 13.5. The van der Waals surface area contributed by atoms with Crippen molar-refractivity contribution in [2.24, 2.45) is 0 Å². The van der Waals surface area contributed by atoms with E-state index in [1.165, 1.54) is 0 Å². The highest BCUT2D eigenvalue weighted by atomic mass is 16.5. The predicted octanol–water partition coefficient (Wildman–Crippen LogP) is 0.0377. The molecule has 0 spiro atoms. The summed E-state index contributed by atoms with van der Waals surface area (Å²) in [5, 5.41) is 8.60. The van der Waals surface area contributed by atoms with Crippen LogP contribution >= 0.6 is 0 Å². The molecule has 0 aromatic heterocycles. The van der Waals surface area contributed by atoms with E-state index in [4.69, 9.17) is 9.84 Å². The molecule has 0 heterocycles. The molecule has 0 aliphatic carbocycles. The number of carboxylic acid groups (broad SMARTS) is 1. The highest BCUT2D eigenvalue weighted by molar-refractivity contribution is 5.72. The summed E-state index contributed by atoms with van der Waals surface area (Å²) in [6.07, 6.45) is -0.699. The minimum absolute atomic E-state index is 0.420. The molecule has 0 saturated heterocycles. The summed E-state index contributed by atoms with van der Waals surface area (Å²) in [6.45, 7) is 2.64. The van der Waals surface area contributed by atoms with Crippen molar-refractivity contribution in [2.45, 2.75) is 13.0 Å².